The number of nitro benzene ring substituents is 1. The number of aryl methyl sites for hydroxylation is 2. The van der Waals surface area contributed by atoms with Gasteiger partial charge in [-0.05, 0) is 75.0 Å². The molecule has 1 aliphatic heterocycles. The number of anilines is 1. The number of pyridine rings is 1. The zero-order valence-corrected chi connectivity index (χ0v) is 21.8. The lowest BCUT2D eigenvalue weighted by atomic mass is 9.96. The number of hydrogen-bond acceptors (Lipinski definition) is 5. The Kier molecular flexibility index (Phi) is 6.39. The lowest BCUT2D eigenvalue weighted by Crippen LogP contribution is -2.29. The normalized spacial score (nSPS) is 17.1. The molecule has 37 heavy (non-hydrogen) atoms. The summed E-state index contributed by atoms with van der Waals surface area (Å²) in [6.45, 7) is 6.06. The summed E-state index contributed by atoms with van der Waals surface area (Å²) in [5.41, 5.74) is 6.53. The molecule has 2 atom stereocenters. The van der Waals surface area contributed by atoms with Crippen molar-refractivity contribution in [3.05, 3.63) is 111 Å². The Morgan fingerprint density at radius 1 is 1.05 bits per heavy atom. The minimum absolute atomic E-state index is 0.00112. The first-order valence-corrected chi connectivity index (χ1v) is 12.3. The van der Waals surface area contributed by atoms with E-state index in [0.717, 1.165) is 33.9 Å². The lowest BCUT2D eigenvalue weighted by Gasteiger charge is -2.28. The second-order valence-corrected chi connectivity index (χ2v) is 9.49. The summed E-state index contributed by atoms with van der Waals surface area (Å²) in [6.07, 6.45) is 1.78. The summed E-state index contributed by atoms with van der Waals surface area (Å²) < 4.78 is 7.60. The van der Waals surface area contributed by atoms with E-state index in [9.17, 15) is 10.1 Å². The molecule has 2 unspecified atom stereocenters. The summed E-state index contributed by atoms with van der Waals surface area (Å²) in [6, 6.07) is 20.5. The van der Waals surface area contributed by atoms with Gasteiger partial charge in [-0.2, -0.15) is 0 Å². The van der Waals surface area contributed by atoms with Crippen LogP contribution >= 0.6 is 12.2 Å². The molecular formula is C28H27N5O3S. The first kappa shape index (κ1) is 24.5. The van der Waals surface area contributed by atoms with E-state index in [0.29, 0.717) is 16.5 Å². The molecule has 0 spiro atoms. The van der Waals surface area contributed by atoms with Crippen molar-refractivity contribution in [1.82, 2.24) is 14.9 Å². The van der Waals surface area contributed by atoms with Crippen LogP contribution in [-0.2, 0) is 0 Å². The molecule has 1 N–H and O–H groups in total. The van der Waals surface area contributed by atoms with Gasteiger partial charge in [-0.15, -0.1) is 0 Å². The van der Waals surface area contributed by atoms with E-state index >= 15 is 0 Å². The van der Waals surface area contributed by atoms with Gasteiger partial charge in [-0.3, -0.25) is 15.1 Å². The van der Waals surface area contributed by atoms with E-state index in [2.05, 4.69) is 52.5 Å². The van der Waals surface area contributed by atoms with Crippen molar-refractivity contribution < 1.29 is 9.66 Å². The van der Waals surface area contributed by atoms with Crippen LogP contribution in [0.5, 0.6) is 5.75 Å². The number of non-ortho nitro benzene ring substituents is 1. The molecule has 1 saturated heterocycles. The predicted octanol–water partition coefficient (Wildman–Crippen LogP) is 5.89. The third-order valence-electron chi connectivity index (χ3n) is 6.81. The monoisotopic (exact) mass is 513 g/mol. The molecule has 0 saturated carbocycles. The fourth-order valence-corrected chi connectivity index (χ4v) is 5.42. The van der Waals surface area contributed by atoms with Crippen LogP contribution in [0.4, 0.5) is 11.4 Å². The standard InChI is InChI=1S/C28H27N5O3S/c1-17-8-10-20(11-9-17)32-27(26(30-28(32)37)23-7-5-6-14-29-23)22-15-18(2)31(19(22)3)24-16-21(33(34)35)12-13-25(24)36-4/h5-16,26-27H,1-4H3,(H,30,37). The van der Waals surface area contributed by atoms with Gasteiger partial charge in [0, 0.05) is 35.4 Å². The number of nitrogens with one attached hydrogen (secondary N) is 1. The molecule has 1 aliphatic rings. The van der Waals surface area contributed by atoms with Gasteiger partial charge in [-0.25, -0.2) is 0 Å². The molecule has 0 amide bonds. The minimum Gasteiger partial charge on any atom is -0.495 e. The highest BCUT2D eigenvalue weighted by molar-refractivity contribution is 7.80. The van der Waals surface area contributed by atoms with Crippen LogP contribution in [0.2, 0.25) is 0 Å². The Labute approximate surface area is 220 Å². The molecule has 9 heteroatoms. The number of aromatic nitrogens is 2. The summed E-state index contributed by atoms with van der Waals surface area (Å²) >= 11 is 5.86. The van der Waals surface area contributed by atoms with Gasteiger partial charge in [0.1, 0.15) is 5.75 Å². The van der Waals surface area contributed by atoms with Crippen molar-refractivity contribution in [3.8, 4) is 11.4 Å². The number of nitrogens with zero attached hydrogens (tertiary/aromatic N) is 4. The molecule has 0 bridgehead atoms. The third-order valence-corrected chi connectivity index (χ3v) is 7.13. The third kappa shape index (κ3) is 4.31. The fraction of sp³-hybridized carbons (Fsp3) is 0.214. The van der Waals surface area contributed by atoms with E-state index in [1.807, 2.05) is 36.6 Å². The molecular weight excluding hydrogens is 486 g/mol. The van der Waals surface area contributed by atoms with Gasteiger partial charge in [0.2, 0.25) is 0 Å². The van der Waals surface area contributed by atoms with Crippen LogP contribution < -0.4 is 15.0 Å². The SMILES string of the molecule is COc1ccc([N+](=O)[O-])cc1-n1c(C)cc(C2C(c3ccccn3)NC(=S)N2c2ccc(C)cc2)c1C. The van der Waals surface area contributed by atoms with Gasteiger partial charge in [0.05, 0.1) is 35.5 Å². The Hall–Kier alpha value is -4.24. The van der Waals surface area contributed by atoms with E-state index in [-0.39, 0.29) is 17.8 Å². The Bertz CT molecular complexity index is 1480. The molecule has 3 heterocycles. The first-order valence-electron chi connectivity index (χ1n) is 11.9. The average molecular weight is 514 g/mol. The quantitative estimate of drug-likeness (QED) is 0.195. The maximum Gasteiger partial charge on any atom is 0.271 e. The lowest BCUT2D eigenvalue weighted by molar-refractivity contribution is -0.384. The topological polar surface area (TPSA) is 85.5 Å². The molecule has 5 rings (SSSR count). The van der Waals surface area contributed by atoms with Crippen LogP contribution in [0.1, 0.15) is 40.3 Å². The van der Waals surface area contributed by atoms with Gasteiger partial charge >= 0.3 is 0 Å². The molecule has 4 aromatic rings. The smallest absolute Gasteiger partial charge is 0.271 e. The van der Waals surface area contributed by atoms with E-state index < -0.39 is 4.92 Å². The van der Waals surface area contributed by atoms with Gasteiger partial charge in [0.25, 0.3) is 5.69 Å². The number of hydrogen-bond donors (Lipinski definition) is 1. The van der Waals surface area contributed by atoms with Crippen molar-refractivity contribution in [2.75, 3.05) is 12.0 Å². The zero-order chi connectivity index (χ0) is 26.3. The van der Waals surface area contributed by atoms with Gasteiger partial charge in [-0.1, -0.05) is 23.8 Å². The minimum atomic E-state index is -0.395. The number of methoxy groups -OCH3 is 1. The molecule has 2 aromatic heterocycles. The summed E-state index contributed by atoms with van der Waals surface area (Å²) in [7, 11) is 1.56. The average Bonchev–Trinajstić information content (AvgIpc) is 3.39. The fourth-order valence-electron chi connectivity index (χ4n) is 5.08. The number of ether oxygens (including phenoxy) is 1. The van der Waals surface area contributed by atoms with E-state index in [1.54, 1.807) is 25.4 Å². The van der Waals surface area contributed by atoms with Crippen LogP contribution in [0.15, 0.2) is 72.9 Å². The second kappa shape index (κ2) is 9.67. The van der Waals surface area contributed by atoms with Crippen molar-refractivity contribution in [1.29, 1.82) is 0 Å². The van der Waals surface area contributed by atoms with Crippen molar-refractivity contribution in [2.24, 2.45) is 0 Å². The predicted molar refractivity (Wildman–Crippen MR) is 148 cm³/mol. The number of rotatable bonds is 6. The Morgan fingerprint density at radius 3 is 2.46 bits per heavy atom. The largest absolute Gasteiger partial charge is 0.495 e. The highest BCUT2D eigenvalue weighted by Gasteiger charge is 2.42. The molecule has 0 radical (unpaired) electrons. The molecule has 1 fully saturated rings. The van der Waals surface area contributed by atoms with Crippen LogP contribution in [0.25, 0.3) is 5.69 Å². The van der Waals surface area contributed by atoms with E-state index in [1.165, 1.54) is 6.07 Å². The Balaban J connectivity index is 1.70. The number of nitro groups is 1. The molecule has 2 aromatic carbocycles. The van der Waals surface area contributed by atoms with Crippen LogP contribution in [-0.4, -0.2) is 26.7 Å². The Morgan fingerprint density at radius 2 is 1.81 bits per heavy atom. The highest BCUT2D eigenvalue weighted by Crippen LogP contribution is 2.44. The number of thiocarbonyl (C=S) groups is 1. The highest BCUT2D eigenvalue weighted by atomic mass is 32.1. The zero-order valence-electron chi connectivity index (χ0n) is 21.0. The summed E-state index contributed by atoms with van der Waals surface area (Å²) in [5, 5.41) is 15.7. The maximum absolute atomic E-state index is 11.5. The van der Waals surface area contributed by atoms with Crippen LogP contribution in [0.3, 0.4) is 0 Å². The van der Waals surface area contributed by atoms with Crippen molar-refractivity contribution in [2.45, 2.75) is 32.9 Å². The van der Waals surface area contributed by atoms with E-state index in [4.69, 9.17) is 17.0 Å². The first-order chi connectivity index (χ1) is 17.8. The van der Waals surface area contributed by atoms with Crippen molar-refractivity contribution >= 4 is 28.7 Å². The molecule has 0 aliphatic carbocycles. The summed E-state index contributed by atoms with van der Waals surface area (Å²) in [4.78, 5) is 17.9. The molecule has 188 valence electrons. The van der Waals surface area contributed by atoms with Crippen molar-refractivity contribution in [3.63, 3.8) is 0 Å². The molecule has 8 nitrogen and oxygen atoms in total. The second-order valence-electron chi connectivity index (χ2n) is 9.11. The van der Waals surface area contributed by atoms with Crippen LogP contribution in [0, 0.1) is 30.9 Å². The number of benzene rings is 2. The summed E-state index contributed by atoms with van der Waals surface area (Å²) in [5.74, 6) is 0.552. The van der Waals surface area contributed by atoms with Gasteiger partial charge < -0.3 is 19.5 Å². The maximum atomic E-state index is 11.5. The van der Waals surface area contributed by atoms with Gasteiger partial charge in [0.15, 0.2) is 5.11 Å².